The minimum Gasteiger partial charge on any atom is -0.0622 e. The van der Waals surface area contributed by atoms with Crippen LogP contribution in [-0.4, -0.2) is 0 Å². The van der Waals surface area contributed by atoms with Gasteiger partial charge in [-0.25, -0.2) is 0 Å². The molecule has 0 amide bonds. The van der Waals surface area contributed by atoms with Crippen molar-refractivity contribution in [1.82, 2.24) is 0 Å². The second-order valence-electron chi connectivity index (χ2n) is 12.4. The molecule has 9 rings (SSSR count). The first-order valence-electron chi connectivity index (χ1n) is 16.6. The van der Waals surface area contributed by atoms with Crippen LogP contribution in [0, 0.1) is 0 Å². The minimum absolute atomic E-state index is 1.21. The van der Waals surface area contributed by atoms with E-state index in [-0.39, 0.29) is 0 Å². The van der Waals surface area contributed by atoms with Crippen LogP contribution >= 0.6 is 0 Å². The molecule has 9 aromatic rings. The van der Waals surface area contributed by atoms with Crippen LogP contribution in [-0.2, 0) is 0 Å². The van der Waals surface area contributed by atoms with Crippen molar-refractivity contribution < 1.29 is 0 Å². The molecule has 0 aliphatic carbocycles. The van der Waals surface area contributed by atoms with Crippen LogP contribution in [0.3, 0.4) is 0 Å². The van der Waals surface area contributed by atoms with Gasteiger partial charge in [-0.05, 0) is 94.0 Å². The number of hydrogen-bond donors (Lipinski definition) is 0. The molecule has 0 fully saturated rings. The molecule has 9 aromatic carbocycles. The Morgan fingerprint density at radius 3 is 1.29 bits per heavy atom. The zero-order valence-corrected chi connectivity index (χ0v) is 26.5. The molecule has 0 aliphatic heterocycles. The highest BCUT2D eigenvalue weighted by Crippen LogP contribution is 2.47. The lowest BCUT2D eigenvalue weighted by Gasteiger charge is -2.20. The van der Waals surface area contributed by atoms with E-state index in [1.54, 1.807) is 0 Å². The molecule has 0 bridgehead atoms. The van der Waals surface area contributed by atoms with Crippen LogP contribution in [0.25, 0.3) is 88.0 Å². The summed E-state index contributed by atoms with van der Waals surface area (Å²) in [7, 11) is 0. The fraction of sp³-hybridized carbons (Fsp3) is 0. The summed E-state index contributed by atoms with van der Waals surface area (Å²) >= 11 is 0. The Hall–Kier alpha value is -6.24. The van der Waals surface area contributed by atoms with Gasteiger partial charge in [0.05, 0.1) is 0 Å². The number of fused-ring (bicyclic) bond motifs is 3. The van der Waals surface area contributed by atoms with Crippen LogP contribution in [0.4, 0.5) is 0 Å². The van der Waals surface area contributed by atoms with Crippen molar-refractivity contribution in [3.63, 3.8) is 0 Å². The van der Waals surface area contributed by atoms with E-state index in [1.807, 2.05) is 0 Å². The molecule has 0 unspecified atom stereocenters. The van der Waals surface area contributed by atoms with Gasteiger partial charge in [0.25, 0.3) is 0 Å². The highest BCUT2D eigenvalue weighted by molar-refractivity contribution is 6.22. The first-order valence-corrected chi connectivity index (χ1v) is 16.6. The summed E-state index contributed by atoms with van der Waals surface area (Å²) in [5.41, 5.74) is 12.4. The van der Waals surface area contributed by atoms with E-state index in [0.717, 1.165) is 0 Å². The van der Waals surface area contributed by atoms with Gasteiger partial charge in [0.1, 0.15) is 0 Å². The quantitative estimate of drug-likeness (QED) is 0.171. The molecule has 0 spiro atoms. The van der Waals surface area contributed by atoms with E-state index in [1.165, 1.54) is 88.0 Å². The predicted octanol–water partition coefficient (Wildman–Crippen LogP) is 13.5. The molecule has 224 valence electrons. The van der Waals surface area contributed by atoms with Crippen molar-refractivity contribution in [2.75, 3.05) is 0 Å². The third kappa shape index (κ3) is 4.78. The SMILES string of the molecule is c1ccc(-c2cccc(-c3ccc(-c4c5ccccc5c(-c5ccccc5-c5cccc6ccccc56)c5ccccc45)cc3)c2)cc1. The average molecular weight is 609 g/mol. The number of hydrogen-bond acceptors (Lipinski definition) is 0. The first-order chi connectivity index (χ1) is 23.8. The van der Waals surface area contributed by atoms with Crippen molar-refractivity contribution in [2.45, 2.75) is 0 Å². The van der Waals surface area contributed by atoms with E-state index in [0.29, 0.717) is 0 Å². The van der Waals surface area contributed by atoms with Gasteiger partial charge in [-0.2, -0.15) is 0 Å². The second kappa shape index (κ2) is 11.8. The Morgan fingerprint density at radius 2 is 0.625 bits per heavy atom. The molecule has 0 saturated carbocycles. The molecule has 0 saturated heterocycles. The normalized spacial score (nSPS) is 11.3. The van der Waals surface area contributed by atoms with E-state index >= 15 is 0 Å². The maximum atomic E-state index is 2.30. The van der Waals surface area contributed by atoms with E-state index < -0.39 is 0 Å². The Labute approximate surface area is 281 Å². The van der Waals surface area contributed by atoms with Gasteiger partial charge in [0.2, 0.25) is 0 Å². The topological polar surface area (TPSA) is 0 Å². The maximum Gasteiger partial charge on any atom is -0.00201 e. The Balaban J connectivity index is 1.23. The molecular formula is C48H32. The molecule has 0 aromatic heterocycles. The van der Waals surface area contributed by atoms with Crippen molar-refractivity contribution >= 4 is 32.3 Å². The number of rotatable bonds is 5. The molecule has 0 atom stereocenters. The van der Waals surface area contributed by atoms with Crippen LogP contribution in [0.15, 0.2) is 194 Å². The smallest absolute Gasteiger partial charge is 0.00201 e. The molecule has 0 heterocycles. The Kier molecular flexibility index (Phi) is 6.91. The lowest BCUT2D eigenvalue weighted by Crippen LogP contribution is -1.93. The molecule has 0 heteroatoms. The zero-order chi connectivity index (χ0) is 31.9. The molecule has 0 aliphatic rings. The fourth-order valence-corrected chi connectivity index (χ4v) is 7.46. The van der Waals surface area contributed by atoms with Crippen molar-refractivity contribution in [3.05, 3.63) is 194 Å². The Bertz CT molecular complexity index is 2530. The van der Waals surface area contributed by atoms with E-state index in [2.05, 4.69) is 194 Å². The summed E-state index contributed by atoms with van der Waals surface area (Å²) in [5, 5.41) is 7.57. The highest BCUT2D eigenvalue weighted by atomic mass is 14.2. The van der Waals surface area contributed by atoms with Crippen molar-refractivity contribution in [2.24, 2.45) is 0 Å². The van der Waals surface area contributed by atoms with Crippen LogP contribution in [0.5, 0.6) is 0 Å². The third-order valence-corrected chi connectivity index (χ3v) is 9.68. The third-order valence-electron chi connectivity index (χ3n) is 9.68. The Morgan fingerprint density at radius 1 is 0.208 bits per heavy atom. The maximum absolute atomic E-state index is 2.30. The van der Waals surface area contributed by atoms with Gasteiger partial charge < -0.3 is 0 Å². The van der Waals surface area contributed by atoms with Crippen molar-refractivity contribution in [3.8, 4) is 55.6 Å². The summed E-state index contributed by atoms with van der Waals surface area (Å²) in [4.78, 5) is 0. The summed E-state index contributed by atoms with van der Waals surface area (Å²) < 4.78 is 0. The minimum atomic E-state index is 1.21. The standard InChI is InChI=1S/C48H32/c1-2-14-33(15-3-1)37-18-12-19-38(32-37)34-28-30-36(31-29-34)47-43-23-8-10-25-45(43)48(46-26-11-9-24-44(46)47)42-22-7-6-21-41(42)40-27-13-17-35-16-4-5-20-39(35)40/h1-32H. The molecule has 0 nitrogen and oxygen atoms in total. The average Bonchev–Trinajstić information content (AvgIpc) is 3.17. The summed E-state index contributed by atoms with van der Waals surface area (Å²) in [5.74, 6) is 0. The lowest BCUT2D eigenvalue weighted by molar-refractivity contribution is 1.58. The fourth-order valence-electron chi connectivity index (χ4n) is 7.46. The first kappa shape index (κ1) is 28.0. The largest absolute Gasteiger partial charge is 0.0622 e. The molecule has 0 N–H and O–H groups in total. The van der Waals surface area contributed by atoms with Gasteiger partial charge in [-0.1, -0.05) is 188 Å². The van der Waals surface area contributed by atoms with Crippen LogP contribution < -0.4 is 0 Å². The predicted molar refractivity (Wildman–Crippen MR) is 206 cm³/mol. The molecule has 48 heavy (non-hydrogen) atoms. The molecule has 0 radical (unpaired) electrons. The van der Waals surface area contributed by atoms with Crippen LogP contribution in [0.1, 0.15) is 0 Å². The molecular weight excluding hydrogens is 577 g/mol. The van der Waals surface area contributed by atoms with Gasteiger partial charge >= 0.3 is 0 Å². The van der Waals surface area contributed by atoms with Gasteiger partial charge in [-0.15, -0.1) is 0 Å². The summed E-state index contributed by atoms with van der Waals surface area (Å²) in [6, 6.07) is 70.7. The summed E-state index contributed by atoms with van der Waals surface area (Å²) in [6.45, 7) is 0. The lowest BCUT2D eigenvalue weighted by atomic mass is 9.83. The monoisotopic (exact) mass is 608 g/mol. The number of benzene rings is 9. The highest BCUT2D eigenvalue weighted by Gasteiger charge is 2.19. The van der Waals surface area contributed by atoms with Gasteiger partial charge in [0.15, 0.2) is 0 Å². The van der Waals surface area contributed by atoms with E-state index in [4.69, 9.17) is 0 Å². The second-order valence-corrected chi connectivity index (χ2v) is 12.4. The summed E-state index contributed by atoms with van der Waals surface area (Å²) in [6.07, 6.45) is 0. The van der Waals surface area contributed by atoms with Crippen molar-refractivity contribution in [1.29, 1.82) is 0 Å². The van der Waals surface area contributed by atoms with Gasteiger partial charge in [-0.3, -0.25) is 0 Å². The van der Waals surface area contributed by atoms with E-state index in [9.17, 15) is 0 Å². The van der Waals surface area contributed by atoms with Crippen LogP contribution in [0.2, 0.25) is 0 Å². The van der Waals surface area contributed by atoms with Gasteiger partial charge in [0, 0.05) is 0 Å². The zero-order valence-electron chi connectivity index (χ0n) is 26.5.